The van der Waals surface area contributed by atoms with Crippen LogP contribution in [0.5, 0.6) is 0 Å². The van der Waals surface area contributed by atoms with Crippen LogP contribution in [0, 0.1) is 5.92 Å². The summed E-state index contributed by atoms with van der Waals surface area (Å²) in [5.41, 5.74) is 0.741. The van der Waals surface area contributed by atoms with Crippen molar-refractivity contribution in [1.29, 1.82) is 0 Å². The van der Waals surface area contributed by atoms with Crippen LogP contribution in [0.3, 0.4) is 0 Å². The molecule has 2 fully saturated rings. The maximum absolute atomic E-state index is 12.3. The van der Waals surface area contributed by atoms with Gasteiger partial charge in [0.1, 0.15) is 0 Å². The van der Waals surface area contributed by atoms with E-state index in [9.17, 15) is 4.79 Å². The average Bonchev–Trinajstić information content (AvgIpc) is 3.13. The molecule has 5 heteroatoms. The Morgan fingerprint density at radius 2 is 2.37 bits per heavy atom. The predicted molar refractivity (Wildman–Crippen MR) is 75.4 cm³/mol. The Morgan fingerprint density at radius 1 is 1.42 bits per heavy atom. The van der Waals surface area contributed by atoms with Crippen LogP contribution in [0.25, 0.3) is 10.1 Å². The molecule has 3 heterocycles. The molecule has 2 aromatic rings. The largest absolute Gasteiger partial charge is 0.348 e. The van der Waals surface area contributed by atoms with Crippen molar-refractivity contribution in [2.24, 2.45) is 5.92 Å². The number of amides is 1. The molecule has 2 saturated heterocycles. The van der Waals surface area contributed by atoms with Gasteiger partial charge in [0.05, 0.1) is 4.70 Å². The van der Waals surface area contributed by atoms with E-state index in [4.69, 9.17) is 0 Å². The number of hydrogen-bond donors (Lipinski definition) is 1. The molecular formula is C14H15N3OS. The first-order valence-electron chi connectivity index (χ1n) is 6.67. The lowest BCUT2D eigenvalue weighted by Crippen LogP contribution is -2.43. The zero-order valence-electron chi connectivity index (χ0n) is 10.5. The minimum Gasteiger partial charge on any atom is -0.348 e. The molecule has 4 rings (SSSR count). The number of carbonyl (C=O) groups excluding carboxylic acids is 1. The summed E-state index contributed by atoms with van der Waals surface area (Å²) < 4.78 is 5.27. The van der Waals surface area contributed by atoms with E-state index in [1.54, 1.807) is 0 Å². The van der Waals surface area contributed by atoms with Crippen molar-refractivity contribution in [2.45, 2.75) is 12.5 Å². The Labute approximate surface area is 115 Å². The highest BCUT2D eigenvalue weighted by Gasteiger charge is 2.38. The average molecular weight is 273 g/mol. The van der Waals surface area contributed by atoms with Gasteiger partial charge in [-0.25, -0.2) is 0 Å². The Kier molecular flexibility index (Phi) is 2.56. The molecule has 19 heavy (non-hydrogen) atoms. The highest BCUT2D eigenvalue weighted by molar-refractivity contribution is 7.13. The summed E-state index contributed by atoms with van der Waals surface area (Å²) in [5.74, 6) is 0.697. The number of fused-ring (bicyclic) bond motifs is 3. The molecule has 3 atom stereocenters. The van der Waals surface area contributed by atoms with Crippen LogP contribution in [-0.4, -0.2) is 40.9 Å². The summed E-state index contributed by atoms with van der Waals surface area (Å²) >= 11 is 1.46. The van der Waals surface area contributed by atoms with E-state index in [-0.39, 0.29) is 5.91 Å². The van der Waals surface area contributed by atoms with E-state index in [1.165, 1.54) is 24.5 Å². The number of piperidine rings is 1. The molecule has 2 aliphatic rings. The van der Waals surface area contributed by atoms with E-state index in [0.29, 0.717) is 12.0 Å². The fourth-order valence-electron chi connectivity index (χ4n) is 3.21. The smallest absolute Gasteiger partial charge is 0.251 e. The Bertz CT molecular complexity index is 638. The zero-order chi connectivity index (χ0) is 12.8. The van der Waals surface area contributed by atoms with Crippen LogP contribution >= 0.6 is 11.5 Å². The molecule has 2 aliphatic heterocycles. The molecule has 1 N–H and O–H groups in total. The van der Waals surface area contributed by atoms with Crippen LogP contribution in [0.15, 0.2) is 24.4 Å². The van der Waals surface area contributed by atoms with Crippen LogP contribution in [0.4, 0.5) is 0 Å². The second-order valence-corrected chi connectivity index (χ2v) is 6.30. The number of benzene rings is 1. The van der Waals surface area contributed by atoms with Crippen molar-refractivity contribution >= 4 is 27.5 Å². The maximum Gasteiger partial charge on any atom is 0.251 e. The van der Waals surface area contributed by atoms with Crippen molar-refractivity contribution in [2.75, 3.05) is 19.6 Å². The highest BCUT2D eigenvalue weighted by Crippen LogP contribution is 2.28. The number of nitrogens with one attached hydrogen (secondary N) is 1. The van der Waals surface area contributed by atoms with Gasteiger partial charge in [0.15, 0.2) is 0 Å². The molecule has 4 nitrogen and oxygen atoms in total. The first-order valence-corrected chi connectivity index (χ1v) is 7.44. The second-order valence-electron chi connectivity index (χ2n) is 5.47. The summed E-state index contributed by atoms with van der Waals surface area (Å²) in [4.78, 5) is 14.7. The van der Waals surface area contributed by atoms with Crippen molar-refractivity contribution in [3.63, 3.8) is 0 Å². The first kappa shape index (κ1) is 11.4. The van der Waals surface area contributed by atoms with Crippen molar-refractivity contribution in [3.8, 4) is 0 Å². The van der Waals surface area contributed by atoms with Gasteiger partial charge >= 0.3 is 0 Å². The van der Waals surface area contributed by atoms with E-state index < -0.39 is 0 Å². The Hall–Kier alpha value is -1.46. The lowest BCUT2D eigenvalue weighted by atomic mass is 9.99. The van der Waals surface area contributed by atoms with Crippen LogP contribution < -0.4 is 5.32 Å². The quantitative estimate of drug-likeness (QED) is 0.906. The SMILES string of the molecule is O=C(NC1CN2CC[C@H]1C2)c1ccc2sncc2c1. The predicted octanol–water partition coefficient (Wildman–Crippen LogP) is 1.73. The van der Waals surface area contributed by atoms with Crippen LogP contribution in [0.2, 0.25) is 0 Å². The minimum absolute atomic E-state index is 0.0480. The first-order chi connectivity index (χ1) is 9.29. The van der Waals surface area contributed by atoms with Crippen LogP contribution in [-0.2, 0) is 0 Å². The van der Waals surface area contributed by atoms with Gasteiger partial charge in [-0.05, 0) is 48.6 Å². The number of nitrogens with zero attached hydrogens (tertiary/aromatic N) is 2. The van der Waals surface area contributed by atoms with Gasteiger partial charge in [-0.2, -0.15) is 4.37 Å². The molecular weight excluding hydrogens is 258 g/mol. The molecule has 0 spiro atoms. The second kappa shape index (κ2) is 4.28. The summed E-state index contributed by atoms with van der Waals surface area (Å²) in [6.45, 7) is 3.36. The summed E-state index contributed by atoms with van der Waals surface area (Å²) in [7, 11) is 0. The topological polar surface area (TPSA) is 45.2 Å². The molecule has 1 aromatic heterocycles. The molecule has 1 aromatic carbocycles. The van der Waals surface area contributed by atoms with Crippen molar-refractivity contribution in [3.05, 3.63) is 30.0 Å². The maximum atomic E-state index is 12.3. The fraction of sp³-hybridized carbons (Fsp3) is 0.429. The Morgan fingerprint density at radius 3 is 3.16 bits per heavy atom. The standard InChI is InChI=1S/C14H15N3OS/c18-14(16-12-8-17-4-3-10(12)7-17)9-1-2-13-11(5-9)6-15-19-13/h1-2,5-6,10,12H,3-4,7-8H2,(H,16,18)/t10-,12?/m0/s1. The normalized spacial score (nSPS) is 28.9. The number of aromatic nitrogens is 1. The van der Waals surface area contributed by atoms with Crippen LogP contribution in [0.1, 0.15) is 16.8 Å². The van der Waals surface area contributed by atoms with Gasteiger partial charge in [-0.3, -0.25) is 4.79 Å². The number of rotatable bonds is 2. The van der Waals surface area contributed by atoms with Gasteiger partial charge in [-0.1, -0.05) is 0 Å². The van der Waals surface area contributed by atoms with E-state index in [2.05, 4.69) is 14.6 Å². The van der Waals surface area contributed by atoms with Gasteiger partial charge in [0.25, 0.3) is 5.91 Å². The molecule has 0 aliphatic carbocycles. The minimum atomic E-state index is 0.0480. The summed E-state index contributed by atoms with van der Waals surface area (Å²) in [6, 6.07) is 6.13. The van der Waals surface area contributed by atoms with Gasteiger partial charge in [0.2, 0.25) is 0 Å². The third-order valence-corrected chi connectivity index (χ3v) is 5.04. The molecule has 1 amide bonds. The van der Waals surface area contributed by atoms with Crippen molar-refractivity contribution in [1.82, 2.24) is 14.6 Å². The monoisotopic (exact) mass is 273 g/mol. The molecule has 0 saturated carbocycles. The fourth-order valence-corrected chi connectivity index (χ4v) is 3.84. The lowest BCUT2D eigenvalue weighted by Gasteiger charge is -2.23. The highest BCUT2D eigenvalue weighted by atomic mass is 32.1. The summed E-state index contributed by atoms with van der Waals surface area (Å²) in [6.07, 6.45) is 3.04. The van der Waals surface area contributed by atoms with E-state index in [1.807, 2.05) is 24.4 Å². The van der Waals surface area contributed by atoms with Crippen molar-refractivity contribution < 1.29 is 4.79 Å². The van der Waals surface area contributed by atoms with Gasteiger partial charge in [-0.15, -0.1) is 0 Å². The third kappa shape index (κ3) is 1.93. The third-order valence-electron chi connectivity index (χ3n) is 4.26. The molecule has 98 valence electrons. The molecule has 2 unspecified atom stereocenters. The lowest BCUT2D eigenvalue weighted by molar-refractivity contribution is 0.0924. The number of carbonyl (C=O) groups is 1. The zero-order valence-corrected chi connectivity index (χ0v) is 11.3. The molecule has 0 radical (unpaired) electrons. The molecule has 2 bridgehead atoms. The van der Waals surface area contributed by atoms with Gasteiger partial charge in [0, 0.05) is 36.3 Å². The Balaban J connectivity index is 1.53. The van der Waals surface area contributed by atoms with Gasteiger partial charge < -0.3 is 10.2 Å². The van der Waals surface area contributed by atoms with E-state index >= 15 is 0 Å². The number of hydrogen-bond acceptors (Lipinski definition) is 4. The summed E-state index contributed by atoms with van der Waals surface area (Å²) in [5, 5.41) is 4.24. The van der Waals surface area contributed by atoms with E-state index in [0.717, 1.165) is 28.7 Å².